The fourth-order valence-electron chi connectivity index (χ4n) is 2.73. The van der Waals surface area contributed by atoms with E-state index in [1.807, 2.05) is 31.2 Å². The standard InChI is InChI=1S/C18H14FN3O2/c1-11-8-16(22(21-11)14-5-3-13(19)4-6-14)12-2-7-17-15(9-12)20-18(23)10-24-17/h2-9H,10H2,1H3,(H,20,23). The lowest BCUT2D eigenvalue weighted by Crippen LogP contribution is -2.25. The number of nitrogens with one attached hydrogen (secondary N) is 1. The molecule has 0 aliphatic carbocycles. The molecule has 0 bridgehead atoms. The first-order valence-corrected chi connectivity index (χ1v) is 7.50. The maximum Gasteiger partial charge on any atom is 0.262 e. The normalized spacial score (nSPS) is 13.2. The van der Waals surface area contributed by atoms with E-state index in [1.54, 1.807) is 16.8 Å². The zero-order valence-corrected chi connectivity index (χ0v) is 12.9. The Morgan fingerprint density at radius 3 is 2.75 bits per heavy atom. The van der Waals surface area contributed by atoms with Crippen molar-refractivity contribution < 1.29 is 13.9 Å². The van der Waals surface area contributed by atoms with Crippen LogP contribution >= 0.6 is 0 Å². The highest BCUT2D eigenvalue weighted by Crippen LogP contribution is 2.33. The van der Waals surface area contributed by atoms with Crippen LogP contribution in [-0.4, -0.2) is 22.3 Å². The Kier molecular flexibility index (Phi) is 3.30. The summed E-state index contributed by atoms with van der Waals surface area (Å²) in [5.74, 6) is 0.170. The molecule has 2 aromatic carbocycles. The van der Waals surface area contributed by atoms with E-state index in [4.69, 9.17) is 4.74 Å². The first-order valence-electron chi connectivity index (χ1n) is 7.50. The maximum absolute atomic E-state index is 13.2. The van der Waals surface area contributed by atoms with Gasteiger partial charge >= 0.3 is 0 Å². The van der Waals surface area contributed by atoms with Gasteiger partial charge in [-0.05, 0) is 55.5 Å². The van der Waals surface area contributed by atoms with Crippen molar-refractivity contribution >= 4 is 11.6 Å². The third-order valence-corrected chi connectivity index (χ3v) is 3.81. The fraction of sp³-hybridized carbons (Fsp3) is 0.111. The van der Waals surface area contributed by atoms with E-state index in [2.05, 4.69) is 10.4 Å². The van der Waals surface area contributed by atoms with Crippen LogP contribution in [0.1, 0.15) is 5.69 Å². The molecule has 1 amide bonds. The number of aromatic nitrogens is 2. The molecule has 0 spiro atoms. The molecule has 0 atom stereocenters. The van der Waals surface area contributed by atoms with Gasteiger partial charge < -0.3 is 10.1 Å². The molecule has 120 valence electrons. The van der Waals surface area contributed by atoms with Crippen LogP contribution in [0.15, 0.2) is 48.5 Å². The molecular weight excluding hydrogens is 309 g/mol. The van der Waals surface area contributed by atoms with Crippen molar-refractivity contribution in [2.45, 2.75) is 6.92 Å². The van der Waals surface area contributed by atoms with Crippen LogP contribution in [0.25, 0.3) is 16.9 Å². The number of halogens is 1. The predicted octanol–water partition coefficient (Wildman–Crippen LogP) is 3.32. The number of ether oxygens (including phenoxy) is 1. The van der Waals surface area contributed by atoms with Crippen molar-refractivity contribution in [2.75, 3.05) is 11.9 Å². The van der Waals surface area contributed by atoms with Crippen LogP contribution in [0.5, 0.6) is 5.75 Å². The van der Waals surface area contributed by atoms with Crippen LogP contribution in [0.2, 0.25) is 0 Å². The molecule has 0 radical (unpaired) electrons. The number of anilines is 1. The van der Waals surface area contributed by atoms with Crippen molar-refractivity contribution in [1.29, 1.82) is 0 Å². The Morgan fingerprint density at radius 2 is 1.96 bits per heavy atom. The summed E-state index contributed by atoms with van der Waals surface area (Å²) >= 11 is 0. The van der Waals surface area contributed by atoms with Gasteiger partial charge in [0.25, 0.3) is 5.91 Å². The number of hydrogen-bond acceptors (Lipinski definition) is 3. The number of nitrogens with zero attached hydrogens (tertiary/aromatic N) is 2. The molecule has 2 heterocycles. The van der Waals surface area contributed by atoms with E-state index < -0.39 is 0 Å². The Morgan fingerprint density at radius 1 is 1.17 bits per heavy atom. The summed E-state index contributed by atoms with van der Waals surface area (Å²) in [5, 5.41) is 7.29. The quantitative estimate of drug-likeness (QED) is 0.787. The summed E-state index contributed by atoms with van der Waals surface area (Å²) in [5.41, 5.74) is 3.96. The van der Waals surface area contributed by atoms with Crippen LogP contribution in [0.4, 0.5) is 10.1 Å². The van der Waals surface area contributed by atoms with Gasteiger partial charge in [0.2, 0.25) is 0 Å². The molecule has 4 rings (SSSR count). The summed E-state index contributed by atoms with van der Waals surface area (Å²) in [7, 11) is 0. The highest BCUT2D eigenvalue weighted by atomic mass is 19.1. The number of fused-ring (bicyclic) bond motifs is 1. The van der Waals surface area contributed by atoms with Crippen molar-refractivity contribution in [3.63, 3.8) is 0 Å². The maximum atomic E-state index is 13.2. The minimum absolute atomic E-state index is 0.0268. The fourth-order valence-corrected chi connectivity index (χ4v) is 2.73. The molecule has 0 saturated heterocycles. The van der Waals surface area contributed by atoms with Gasteiger partial charge in [-0.2, -0.15) is 5.10 Å². The van der Waals surface area contributed by atoms with E-state index in [-0.39, 0.29) is 18.3 Å². The second kappa shape index (κ2) is 5.49. The van der Waals surface area contributed by atoms with Crippen LogP contribution in [0, 0.1) is 12.7 Å². The number of benzene rings is 2. The average Bonchev–Trinajstić information content (AvgIpc) is 2.96. The Labute approximate surface area is 137 Å². The molecular formula is C18H14FN3O2. The molecule has 1 N–H and O–H groups in total. The largest absolute Gasteiger partial charge is 0.482 e. The van der Waals surface area contributed by atoms with Gasteiger partial charge in [-0.3, -0.25) is 4.79 Å². The molecule has 6 heteroatoms. The zero-order chi connectivity index (χ0) is 16.7. The highest BCUT2D eigenvalue weighted by molar-refractivity contribution is 5.96. The molecule has 0 saturated carbocycles. The van der Waals surface area contributed by atoms with Crippen molar-refractivity contribution in [3.8, 4) is 22.7 Å². The Hall–Kier alpha value is -3.15. The molecule has 1 aliphatic rings. The lowest BCUT2D eigenvalue weighted by atomic mass is 10.1. The second-order valence-electron chi connectivity index (χ2n) is 5.61. The summed E-state index contributed by atoms with van der Waals surface area (Å²) in [6.45, 7) is 1.92. The third kappa shape index (κ3) is 2.52. The van der Waals surface area contributed by atoms with Crippen molar-refractivity contribution in [1.82, 2.24) is 9.78 Å². The number of aryl methyl sites for hydroxylation is 1. The molecule has 1 aliphatic heterocycles. The van der Waals surface area contributed by atoms with Gasteiger partial charge in [-0.1, -0.05) is 0 Å². The summed E-state index contributed by atoms with van der Waals surface area (Å²) in [6.07, 6.45) is 0. The molecule has 0 unspecified atom stereocenters. The number of carbonyl (C=O) groups is 1. The summed E-state index contributed by atoms with van der Waals surface area (Å²) in [4.78, 5) is 11.5. The average molecular weight is 323 g/mol. The van der Waals surface area contributed by atoms with Crippen LogP contribution in [0.3, 0.4) is 0 Å². The van der Waals surface area contributed by atoms with E-state index >= 15 is 0 Å². The van der Waals surface area contributed by atoms with E-state index in [0.29, 0.717) is 11.4 Å². The topological polar surface area (TPSA) is 56.1 Å². The number of rotatable bonds is 2. The third-order valence-electron chi connectivity index (χ3n) is 3.81. The monoisotopic (exact) mass is 323 g/mol. The minimum atomic E-state index is -0.294. The molecule has 1 aromatic heterocycles. The Bertz CT molecular complexity index is 932. The number of amides is 1. The molecule has 0 fully saturated rings. The van der Waals surface area contributed by atoms with Gasteiger partial charge in [0.15, 0.2) is 6.61 Å². The zero-order valence-electron chi connectivity index (χ0n) is 12.9. The van der Waals surface area contributed by atoms with Gasteiger partial charge in [0.1, 0.15) is 11.6 Å². The van der Waals surface area contributed by atoms with Gasteiger partial charge in [0.05, 0.1) is 22.8 Å². The minimum Gasteiger partial charge on any atom is -0.482 e. The lowest BCUT2D eigenvalue weighted by molar-refractivity contribution is -0.118. The van der Waals surface area contributed by atoms with E-state index in [9.17, 15) is 9.18 Å². The van der Waals surface area contributed by atoms with Crippen molar-refractivity contribution in [2.24, 2.45) is 0 Å². The second-order valence-corrected chi connectivity index (χ2v) is 5.61. The van der Waals surface area contributed by atoms with Crippen LogP contribution in [-0.2, 0) is 4.79 Å². The van der Waals surface area contributed by atoms with Gasteiger partial charge in [-0.25, -0.2) is 9.07 Å². The molecule has 24 heavy (non-hydrogen) atoms. The lowest BCUT2D eigenvalue weighted by Gasteiger charge is -2.18. The highest BCUT2D eigenvalue weighted by Gasteiger charge is 2.18. The van der Waals surface area contributed by atoms with Crippen molar-refractivity contribution in [3.05, 3.63) is 60.0 Å². The summed E-state index contributed by atoms with van der Waals surface area (Å²) < 4.78 is 20.3. The number of carbonyl (C=O) groups excluding carboxylic acids is 1. The number of hydrogen-bond donors (Lipinski definition) is 1. The van der Waals surface area contributed by atoms with Crippen LogP contribution < -0.4 is 10.1 Å². The first-order chi connectivity index (χ1) is 11.6. The summed E-state index contributed by atoms with van der Waals surface area (Å²) in [6, 6.07) is 13.7. The molecule has 3 aromatic rings. The van der Waals surface area contributed by atoms with Gasteiger partial charge in [-0.15, -0.1) is 0 Å². The smallest absolute Gasteiger partial charge is 0.262 e. The van der Waals surface area contributed by atoms with E-state index in [1.165, 1.54) is 12.1 Å². The Balaban J connectivity index is 1.81. The van der Waals surface area contributed by atoms with Gasteiger partial charge in [0, 0.05) is 5.56 Å². The SMILES string of the molecule is Cc1cc(-c2ccc3c(c2)NC(=O)CO3)n(-c2ccc(F)cc2)n1. The molecule has 5 nitrogen and oxygen atoms in total. The first kappa shape index (κ1) is 14.4. The predicted molar refractivity (Wildman–Crippen MR) is 87.8 cm³/mol. The van der Waals surface area contributed by atoms with E-state index in [0.717, 1.165) is 22.6 Å².